The summed E-state index contributed by atoms with van der Waals surface area (Å²) in [6.07, 6.45) is 4.30. The van der Waals surface area contributed by atoms with Crippen LogP contribution in [0, 0.1) is 5.82 Å². The standard InChI is InChI=1S/C35H37BrFN7O4/c1-47-34-20(16-38-18-22-8-12-29(45)41-22)6-10-27(43-34)26-5-3-4-24(31(26)36)25-14-15-40-33(32(25)37)28-11-7-21(35(44-28)48-2)17-39-19-23-9-13-30(46)42-23/h3-7,10-11,14-15,22-23,38-39H,8-9,12-13,16-19H2,1-2H3,(H,41,45)(H,42,46)/t22-,23-/m0/s1. The maximum atomic E-state index is 16.2. The number of carbonyl (C=O) groups excluding carboxylic acids is 2. The van der Waals surface area contributed by atoms with E-state index in [1.54, 1.807) is 25.4 Å². The van der Waals surface area contributed by atoms with Crippen molar-refractivity contribution in [3.8, 4) is 45.5 Å². The molecule has 48 heavy (non-hydrogen) atoms. The molecule has 4 aromatic rings. The van der Waals surface area contributed by atoms with Crippen LogP contribution in [-0.2, 0) is 22.7 Å². The Morgan fingerprint density at radius 3 is 1.92 bits per heavy atom. The minimum absolute atomic E-state index is 0.0736. The molecule has 4 N–H and O–H groups in total. The zero-order valence-corrected chi connectivity index (χ0v) is 28.3. The lowest BCUT2D eigenvalue weighted by Crippen LogP contribution is -2.35. The van der Waals surface area contributed by atoms with Gasteiger partial charge in [-0.15, -0.1) is 0 Å². The van der Waals surface area contributed by atoms with Crippen molar-refractivity contribution in [3.63, 3.8) is 0 Å². The second-order valence-corrected chi connectivity index (χ2v) is 12.6. The van der Waals surface area contributed by atoms with E-state index in [-0.39, 0.29) is 29.6 Å². The number of hydrogen-bond donors (Lipinski definition) is 4. The van der Waals surface area contributed by atoms with Gasteiger partial charge in [-0.2, -0.15) is 0 Å². The molecule has 250 valence electrons. The molecule has 2 atom stereocenters. The Hall–Kier alpha value is -4.46. The fourth-order valence-electron chi connectivity index (χ4n) is 6.03. The Kier molecular flexibility index (Phi) is 10.6. The zero-order valence-electron chi connectivity index (χ0n) is 26.7. The molecule has 11 nitrogen and oxygen atoms in total. The van der Waals surface area contributed by atoms with E-state index in [0.29, 0.717) is 77.8 Å². The maximum absolute atomic E-state index is 16.2. The largest absolute Gasteiger partial charge is 0.481 e. The Balaban J connectivity index is 1.20. The molecule has 2 aliphatic heterocycles. The fourth-order valence-corrected chi connectivity index (χ4v) is 6.72. The summed E-state index contributed by atoms with van der Waals surface area (Å²) < 4.78 is 28.1. The van der Waals surface area contributed by atoms with E-state index < -0.39 is 5.82 Å². The smallest absolute Gasteiger partial charge is 0.220 e. The van der Waals surface area contributed by atoms with E-state index in [4.69, 9.17) is 14.5 Å². The van der Waals surface area contributed by atoms with E-state index >= 15 is 4.39 Å². The van der Waals surface area contributed by atoms with E-state index in [9.17, 15) is 9.59 Å². The van der Waals surface area contributed by atoms with Crippen LogP contribution < -0.4 is 30.7 Å². The third-order valence-corrected chi connectivity index (χ3v) is 9.40. The molecular formula is C35H37BrFN7O4. The molecule has 13 heteroatoms. The first-order valence-electron chi connectivity index (χ1n) is 15.9. The van der Waals surface area contributed by atoms with Gasteiger partial charge in [0.1, 0.15) is 5.69 Å². The molecule has 5 heterocycles. The number of amides is 2. The summed E-state index contributed by atoms with van der Waals surface area (Å²) in [4.78, 5) is 36.7. The van der Waals surface area contributed by atoms with E-state index in [1.807, 2.05) is 36.4 Å². The van der Waals surface area contributed by atoms with Crippen molar-refractivity contribution < 1.29 is 23.5 Å². The molecule has 0 aliphatic carbocycles. The third-order valence-electron chi connectivity index (χ3n) is 8.54. The molecule has 0 unspecified atom stereocenters. The summed E-state index contributed by atoms with van der Waals surface area (Å²) in [6, 6.07) is 14.9. The Bertz CT molecular complexity index is 1690. The average Bonchev–Trinajstić information content (AvgIpc) is 3.72. The van der Waals surface area contributed by atoms with Crippen LogP contribution in [-0.4, -0.2) is 66.2 Å². The number of benzene rings is 1. The lowest BCUT2D eigenvalue weighted by Gasteiger charge is -2.15. The minimum atomic E-state index is -0.516. The van der Waals surface area contributed by atoms with Crippen molar-refractivity contribution >= 4 is 27.7 Å². The van der Waals surface area contributed by atoms with Gasteiger partial charge in [0.25, 0.3) is 0 Å². The van der Waals surface area contributed by atoms with Gasteiger partial charge < -0.3 is 30.7 Å². The molecule has 2 fully saturated rings. The van der Waals surface area contributed by atoms with Crippen molar-refractivity contribution in [1.82, 2.24) is 36.2 Å². The Labute approximate surface area is 286 Å². The number of carbonyl (C=O) groups is 2. The maximum Gasteiger partial charge on any atom is 0.220 e. The average molecular weight is 719 g/mol. The highest BCUT2D eigenvalue weighted by Gasteiger charge is 2.23. The SMILES string of the molecule is COc1nc(-c2cccc(-c3ccnc(-c4ccc(CNC[C@@H]5CCC(=O)N5)c(OC)n4)c3F)c2Br)ccc1CNC[C@@H]1CCC(=O)N1. The van der Waals surface area contributed by atoms with E-state index in [0.717, 1.165) is 29.5 Å². The van der Waals surface area contributed by atoms with Crippen LogP contribution >= 0.6 is 15.9 Å². The summed E-state index contributed by atoms with van der Waals surface area (Å²) in [7, 11) is 3.11. The molecule has 6 rings (SSSR count). The second-order valence-electron chi connectivity index (χ2n) is 11.8. The minimum Gasteiger partial charge on any atom is -0.481 e. The highest BCUT2D eigenvalue weighted by Crippen LogP contribution is 2.39. The summed E-state index contributed by atoms with van der Waals surface area (Å²) in [6.45, 7) is 2.31. The van der Waals surface area contributed by atoms with Gasteiger partial charge in [0, 0.05) is 84.0 Å². The van der Waals surface area contributed by atoms with Crippen molar-refractivity contribution in [2.24, 2.45) is 0 Å². The van der Waals surface area contributed by atoms with Crippen LogP contribution in [0.3, 0.4) is 0 Å². The molecule has 0 spiro atoms. The van der Waals surface area contributed by atoms with Crippen LogP contribution in [0.15, 0.2) is 59.2 Å². The first-order chi connectivity index (χ1) is 23.3. The van der Waals surface area contributed by atoms with Crippen molar-refractivity contribution in [2.45, 2.75) is 50.9 Å². The number of aromatic nitrogens is 3. The predicted octanol–water partition coefficient (Wildman–Crippen LogP) is 4.53. The van der Waals surface area contributed by atoms with Gasteiger partial charge in [-0.1, -0.05) is 30.3 Å². The number of rotatable bonds is 13. The van der Waals surface area contributed by atoms with Gasteiger partial charge in [-0.05, 0) is 52.5 Å². The van der Waals surface area contributed by atoms with Crippen LogP contribution in [0.25, 0.3) is 33.8 Å². The van der Waals surface area contributed by atoms with Crippen LogP contribution in [0.4, 0.5) is 4.39 Å². The normalized spacial score (nSPS) is 17.3. The number of nitrogens with one attached hydrogen (secondary N) is 4. The summed E-state index contributed by atoms with van der Waals surface area (Å²) in [5.74, 6) is 0.496. The quantitative estimate of drug-likeness (QED) is 0.157. The molecule has 2 amide bonds. The molecule has 2 aliphatic rings. The lowest BCUT2D eigenvalue weighted by atomic mass is 10.00. The van der Waals surface area contributed by atoms with Gasteiger partial charge in [0.15, 0.2) is 5.82 Å². The number of methoxy groups -OCH3 is 2. The molecule has 0 saturated carbocycles. The predicted molar refractivity (Wildman–Crippen MR) is 183 cm³/mol. The molecule has 0 bridgehead atoms. The van der Waals surface area contributed by atoms with Crippen LogP contribution in [0.1, 0.15) is 36.8 Å². The second kappa shape index (κ2) is 15.2. The Morgan fingerprint density at radius 2 is 1.35 bits per heavy atom. The van der Waals surface area contributed by atoms with E-state index in [1.165, 1.54) is 7.11 Å². The fraction of sp³-hybridized carbons (Fsp3) is 0.343. The van der Waals surface area contributed by atoms with Crippen molar-refractivity contribution in [2.75, 3.05) is 27.3 Å². The van der Waals surface area contributed by atoms with Crippen molar-refractivity contribution in [3.05, 3.63) is 76.1 Å². The van der Waals surface area contributed by atoms with Crippen molar-refractivity contribution in [1.29, 1.82) is 0 Å². The highest BCUT2D eigenvalue weighted by atomic mass is 79.9. The van der Waals surface area contributed by atoms with Gasteiger partial charge >= 0.3 is 0 Å². The van der Waals surface area contributed by atoms with Gasteiger partial charge in [0.2, 0.25) is 23.6 Å². The number of halogens is 2. The van der Waals surface area contributed by atoms with Crippen LogP contribution in [0.2, 0.25) is 0 Å². The lowest BCUT2D eigenvalue weighted by molar-refractivity contribution is -0.120. The summed E-state index contributed by atoms with van der Waals surface area (Å²) >= 11 is 3.72. The van der Waals surface area contributed by atoms with Crippen LogP contribution in [0.5, 0.6) is 11.8 Å². The highest BCUT2D eigenvalue weighted by molar-refractivity contribution is 9.10. The molecule has 0 radical (unpaired) electrons. The first-order valence-corrected chi connectivity index (χ1v) is 16.7. The van der Waals surface area contributed by atoms with Gasteiger partial charge in [-0.25, -0.2) is 14.4 Å². The third kappa shape index (κ3) is 7.48. The number of hydrogen-bond acceptors (Lipinski definition) is 9. The van der Waals surface area contributed by atoms with Gasteiger partial charge in [-0.3, -0.25) is 14.6 Å². The number of nitrogens with zero attached hydrogens (tertiary/aromatic N) is 3. The zero-order chi connectivity index (χ0) is 33.6. The summed E-state index contributed by atoms with van der Waals surface area (Å²) in [5, 5.41) is 12.6. The molecule has 2 saturated heterocycles. The monoisotopic (exact) mass is 717 g/mol. The van der Waals surface area contributed by atoms with E-state index in [2.05, 4.69) is 47.2 Å². The topological polar surface area (TPSA) is 139 Å². The number of ether oxygens (including phenoxy) is 2. The molecule has 3 aromatic heterocycles. The molecular weight excluding hydrogens is 681 g/mol. The molecule has 1 aromatic carbocycles. The van der Waals surface area contributed by atoms with Gasteiger partial charge in [0.05, 0.1) is 25.6 Å². The number of pyridine rings is 3. The first kappa shape index (κ1) is 33.4. The Morgan fingerprint density at radius 1 is 0.792 bits per heavy atom. The summed E-state index contributed by atoms with van der Waals surface area (Å²) in [5.41, 5.74) is 4.55.